The number of carbonyl (C=O) groups excluding carboxylic acids is 1. The SMILES string of the molecule is Cc1cccc(C(Nc2ccccc2)C(N)=O)c1C. The maximum Gasteiger partial charge on any atom is 0.244 e. The van der Waals surface area contributed by atoms with Crippen LogP contribution in [-0.4, -0.2) is 5.91 Å². The van der Waals surface area contributed by atoms with Crippen LogP contribution in [0.4, 0.5) is 5.69 Å². The fourth-order valence-electron chi connectivity index (χ4n) is 2.09. The molecule has 0 bridgehead atoms. The van der Waals surface area contributed by atoms with Crippen molar-refractivity contribution in [3.8, 4) is 0 Å². The second kappa shape index (κ2) is 5.57. The Kier molecular flexibility index (Phi) is 3.85. The highest BCUT2D eigenvalue weighted by Crippen LogP contribution is 2.24. The van der Waals surface area contributed by atoms with E-state index in [0.717, 1.165) is 22.4 Å². The van der Waals surface area contributed by atoms with Gasteiger partial charge in [-0.1, -0.05) is 36.4 Å². The Morgan fingerprint density at radius 2 is 1.74 bits per heavy atom. The Hall–Kier alpha value is -2.29. The second-order valence-corrected chi connectivity index (χ2v) is 4.63. The Bertz CT molecular complexity index is 579. The number of nitrogens with two attached hydrogens (primary N) is 1. The number of hydrogen-bond acceptors (Lipinski definition) is 2. The summed E-state index contributed by atoms with van der Waals surface area (Å²) >= 11 is 0. The van der Waals surface area contributed by atoms with Gasteiger partial charge in [0, 0.05) is 5.69 Å². The molecule has 2 rings (SSSR count). The topological polar surface area (TPSA) is 55.1 Å². The highest BCUT2D eigenvalue weighted by Gasteiger charge is 2.19. The highest BCUT2D eigenvalue weighted by molar-refractivity contribution is 5.85. The summed E-state index contributed by atoms with van der Waals surface area (Å²) in [7, 11) is 0. The quantitative estimate of drug-likeness (QED) is 0.881. The van der Waals surface area contributed by atoms with E-state index in [1.54, 1.807) is 0 Å². The lowest BCUT2D eigenvalue weighted by Gasteiger charge is -2.20. The average molecular weight is 254 g/mol. The van der Waals surface area contributed by atoms with Crippen LogP contribution in [0.3, 0.4) is 0 Å². The van der Waals surface area contributed by atoms with Gasteiger partial charge in [-0.15, -0.1) is 0 Å². The number of amides is 1. The van der Waals surface area contributed by atoms with Crippen LogP contribution in [0.2, 0.25) is 0 Å². The largest absolute Gasteiger partial charge is 0.370 e. The van der Waals surface area contributed by atoms with Crippen molar-refractivity contribution in [3.63, 3.8) is 0 Å². The van der Waals surface area contributed by atoms with E-state index in [0.29, 0.717) is 0 Å². The Morgan fingerprint density at radius 3 is 2.37 bits per heavy atom. The molecule has 0 heterocycles. The first-order valence-corrected chi connectivity index (χ1v) is 6.26. The molecule has 0 aliphatic carbocycles. The summed E-state index contributed by atoms with van der Waals surface area (Å²) in [5, 5.41) is 3.19. The van der Waals surface area contributed by atoms with Crippen LogP contribution >= 0.6 is 0 Å². The minimum Gasteiger partial charge on any atom is -0.370 e. The van der Waals surface area contributed by atoms with Gasteiger partial charge >= 0.3 is 0 Å². The number of rotatable bonds is 4. The van der Waals surface area contributed by atoms with E-state index in [2.05, 4.69) is 5.32 Å². The van der Waals surface area contributed by atoms with Gasteiger partial charge in [0.15, 0.2) is 0 Å². The van der Waals surface area contributed by atoms with Crippen LogP contribution in [0.5, 0.6) is 0 Å². The zero-order chi connectivity index (χ0) is 13.8. The predicted octanol–water partition coefficient (Wildman–Crippen LogP) is 2.94. The summed E-state index contributed by atoms with van der Waals surface area (Å²) in [6.45, 7) is 4.03. The zero-order valence-electron chi connectivity index (χ0n) is 11.2. The zero-order valence-corrected chi connectivity index (χ0v) is 11.2. The molecule has 19 heavy (non-hydrogen) atoms. The molecule has 3 N–H and O–H groups in total. The van der Waals surface area contributed by atoms with Crippen molar-refractivity contribution < 1.29 is 4.79 Å². The molecule has 0 aromatic heterocycles. The molecule has 1 atom stereocenters. The van der Waals surface area contributed by atoms with E-state index in [-0.39, 0.29) is 5.91 Å². The summed E-state index contributed by atoms with van der Waals surface area (Å²) in [6, 6.07) is 15.0. The molecule has 3 nitrogen and oxygen atoms in total. The first kappa shape index (κ1) is 13.1. The molecule has 1 amide bonds. The molecule has 0 aliphatic rings. The van der Waals surface area contributed by atoms with Crippen molar-refractivity contribution in [1.82, 2.24) is 0 Å². The fraction of sp³-hybridized carbons (Fsp3) is 0.188. The van der Waals surface area contributed by atoms with Crippen molar-refractivity contribution in [2.75, 3.05) is 5.32 Å². The van der Waals surface area contributed by atoms with Crippen LogP contribution in [0.25, 0.3) is 0 Å². The molecule has 0 radical (unpaired) electrons. The maximum absolute atomic E-state index is 11.7. The van der Waals surface area contributed by atoms with Gasteiger partial charge in [-0.3, -0.25) is 4.79 Å². The van der Waals surface area contributed by atoms with Gasteiger partial charge in [-0.25, -0.2) is 0 Å². The van der Waals surface area contributed by atoms with Gasteiger partial charge < -0.3 is 11.1 Å². The summed E-state index contributed by atoms with van der Waals surface area (Å²) in [4.78, 5) is 11.7. The molecule has 0 saturated heterocycles. The molecule has 0 saturated carbocycles. The smallest absolute Gasteiger partial charge is 0.244 e. The van der Waals surface area contributed by atoms with Gasteiger partial charge in [0.2, 0.25) is 5.91 Å². The van der Waals surface area contributed by atoms with Crippen molar-refractivity contribution in [2.45, 2.75) is 19.9 Å². The van der Waals surface area contributed by atoms with E-state index < -0.39 is 6.04 Å². The van der Waals surface area contributed by atoms with E-state index in [4.69, 9.17) is 5.73 Å². The number of primary amides is 1. The van der Waals surface area contributed by atoms with Crippen LogP contribution in [0.15, 0.2) is 48.5 Å². The minimum atomic E-state index is -0.512. The third kappa shape index (κ3) is 2.94. The van der Waals surface area contributed by atoms with Gasteiger partial charge in [0.05, 0.1) is 0 Å². The van der Waals surface area contributed by atoms with Gasteiger partial charge in [0.1, 0.15) is 6.04 Å². The molecule has 2 aromatic carbocycles. The third-order valence-electron chi connectivity index (χ3n) is 3.33. The summed E-state index contributed by atoms with van der Waals surface area (Å²) in [5.41, 5.74) is 9.59. The lowest BCUT2D eigenvalue weighted by atomic mass is 9.97. The Balaban J connectivity index is 2.36. The van der Waals surface area contributed by atoms with E-state index >= 15 is 0 Å². The summed E-state index contributed by atoms with van der Waals surface area (Å²) in [6.07, 6.45) is 0. The lowest BCUT2D eigenvalue weighted by molar-refractivity contribution is -0.118. The van der Waals surface area contributed by atoms with Gasteiger partial charge in [-0.05, 0) is 42.7 Å². The standard InChI is InChI=1S/C16H18N2O/c1-11-7-6-10-14(12(11)2)15(16(17)19)18-13-8-4-3-5-9-13/h3-10,15,18H,1-2H3,(H2,17,19). The predicted molar refractivity (Wildman–Crippen MR) is 77.9 cm³/mol. The number of aryl methyl sites for hydroxylation is 1. The number of benzene rings is 2. The van der Waals surface area contributed by atoms with Crippen LogP contribution in [0, 0.1) is 13.8 Å². The maximum atomic E-state index is 11.7. The first-order chi connectivity index (χ1) is 9.09. The number of nitrogens with one attached hydrogen (secondary N) is 1. The molecule has 98 valence electrons. The van der Waals surface area contributed by atoms with Gasteiger partial charge in [0.25, 0.3) is 0 Å². The van der Waals surface area contributed by atoms with Crippen LogP contribution in [0.1, 0.15) is 22.7 Å². The van der Waals surface area contributed by atoms with Crippen LogP contribution in [-0.2, 0) is 4.79 Å². The molecular weight excluding hydrogens is 236 g/mol. The average Bonchev–Trinajstić information content (AvgIpc) is 2.40. The minimum absolute atomic E-state index is 0.377. The van der Waals surface area contributed by atoms with E-state index in [1.807, 2.05) is 62.4 Å². The molecule has 3 heteroatoms. The fourth-order valence-corrected chi connectivity index (χ4v) is 2.09. The first-order valence-electron chi connectivity index (χ1n) is 6.26. The van der Waals surface area contributed by atoms with Gasteiger partial charge in [-0.2, -0.15) is 0 Å². The van der Waals surface area contributed by atoms with Crippen molar-refractivity contribution in [3.05, 3.63) is 65.2 Å². The number of hydrogen-bond donors (Lipinski definition) is 2. The molecule has 0 fully saturated rings. The summed E-state index contributed by atoms with van der Waals surface area (Å²) in [5.74, 6) is -0.377. The lowest BCUT2D eigenvalue weighted by Crippen LogP contribution is -2.28. The monoisotopic (exact) mass is 254 g/mol. The van der Waals surface area contributed by atoms with Crippen LogP contribution < -0.4 is 11.1 Å². The summed E-state index contributed by atoms with van der Waals surface area (Å²) < 4.78 is 0. The van der Waals surface area contributed by atoms with E-state index in [9.17, 15) is 4.79 Å². The Morgan fingerprint density at radius 1 is 1.05 bits per heavy atom. The third-order valence-corrected chi connectivity index (χ3v) is 3.33. The molecule has 0 aliphatic heterocycles. The number of carbonyl (C=O) groups is 1. The molecule has 0 spiro atoms. The normalized spacial score (nSPS) is 11.9. The Labute approximate surface area is 113 Å². The highest BCUT2D eigenvalue weighted by atomic mass is 16.1. The molecule has 1 unspecified atom stereocenters. The second-order valence-electron chi connectivity index (χ2n) is 4.63. The molecule has 2 aromatic rings. The van der Waals surface area contributed by atoms with E-state index in [1.165, 1.54) is 0 Å². The molecular formula is C16H18N2O. The number of para-hydroxylation sites is 1. The van der Waals surface area contributed by atoms with Crippen molar-refractivity contribution >= 4 is 11.6 Å². The van der Waals surface area contributed by atoms with Crippen molar-refractivity contribution in [1.29, 1.82) is 0 Å². The van der Waals surface area contributed by atoms with Crippen molar-refractivity contribution in [2.24, 2.45) is 5.73 Å². The number of anilines is 1.